The maximum absolute atomic E-state index is 6.05. The van der Waals surface area contributed by atoms with E-state index in [1.807, 2.05) is 32.3 Å². The van der Waals surface area contributed by atoms with Crippen LogP contribution in [0, 0.1) is 5.92 Å². The Bertz CT molecular complexity index is 380. The van der Waals surface area contributed by atoms with E-state index in [2.05, 4.69) is 24.1 Å². The summed E-state index contributed by atoms with van der Waals surface area (Å²) in [4.78, 5) is 2.10. The van der Waals surface area contributed by atoms with Crippen molar-refractivity contribution in [1.29, 1.82) is 0 Å². The lowest BCUT2D eigenvalue weighted by Crippen LogP contribution is -2.21. The van der Waals surface area contributed by atoms with Crippen molar-refractivity contribution in [2.75, 3.05) is 33.8 Å². The van der Waals surface area contributed by atoms with Crippen molar-refractivity contribution in [3.8, 4) is 5.75 Å². The molecule has 0 aromatic heterocycles. The fourth-order valence-electron chi connectivity index (χ4n) is 1.66. The van der Waals surface area contributed by atoms with Gasteiger partial charge in [0.05, 0.1) is 0 Å². The second-order valence-electron chi connectivity index (χ2n) is 5.43. The molecule has 0 saturated heterocycles. The smallest absolute Gasteiger partial charge is 0.123 e. The third-order valence-corrected chi connectivity index (χ3v) is 2.92. The summed E-state index contributed by atoms with van der Waals surface area (Å²) in [5, 5.41) is 4.17. The van der Waals surface area contributed by atoms with Crippen molar-refractivity contribution >= 4 is 11.6 Å². The molecular formula is C15H25ClN2O. The van der Waals surface area contributed by atoms with Gasteiger partial charge in [-0.3, -0.25) is 0 Å². The summed E-state index contributed by atoms with van der Waals surface area (Å²) in [6, 6.07) is 5.79. The van der Waals surface area contributed by atoms with E-state index in [1.54, 1.807) is 0 Å². The first-order chi connectivity index (χ1) is 8.99. The Morgan fingerprint density at radius 1 is 1.32 bits per heavy atom. The van der Waals surface area contributed by atoms with Gasteiger partial charge in [0.1, 0.15) is 12.4 Å². The summed E-state index contributed by atoms with van der Waals surface area (Å²) in [5.74, 6) is 1.56. The van der Waals surface area contributed by atoms with Gasteiger partial charge in [0.25, 0.3) is 0 Å². The number of halogens is 1. The van der Waals surface area contributed by atoms with E-state index >= 15 is 0 Å². The van der Waals surface area contributed by atoms with Gasteiger partial charge in [-0.1, -0.05) is 25.4 Å². The largest absolute Gasteiger partial charge is 0.492 e. The number of nitrogens with one attached hydrogen (secondary N) is 1. The van der Waals surface area contributed by atoms with Crippen LogP contribution in [0.1, 0.15) is 19.4 Å². The molecule has 4 heteroatoms. The topological polar surface area (TPSA) is 24.5 Å². The van der Waals surface area contributed by atoms with Gasteiger partial charge < -0.3 is 15.0 Å². The first-order valence-electron chi connectivity index (χ1n) is 6.75. The van der Waals surface area contributed by atoms with E-state index in [0.29, 0.717) is 12.5 Å². The summed E-state index contributed by atoms with van der Waals surface area (Å²) in [7, 11) is 4.08. The molecule has 1 aromatic rings. The lowest BCUT2D eigenvalue weighted by atomic mass is 10.2. The number of hydrogen-bond acceptors (Lipinski definition) is 3. The molecule has 1 aromatic carbocycles. The van der Waals surface area contributed by atoms with Crippen LogP contribution in [0.25, 0.3) is 0 Å². The predicted octanol–water partition coefficient (Wildman–Crippen LogP) is 3.03. The molecule has 0 aliphatic rings. The van der Waals surface area contributed by atoms with E-state index in [0.717, 1.165) is 36.0 Å². The van der Waals surface area contributed by atoms with Gasteiger partial charge in [0.15, 0.2) is 0 Å². The van der Waals surface area contributed by atoms with Crippen LogP contribution in [0.2, 0.25) is 5.02 Å². The Kier molecular flexibility index (Phi) is 7.21. The average Bonchev–Trinajstić information content (AvgIpc) is 2.31. The summed E-state index contributed by atoms with van der Waals surface area (Å²) in [6.07, 6.45) is 0. The third kappa shape index (κ3) is 6.81. The highest BCUT2D eigenvalue weighted by molar-refractivity contribution is 6.30. The molecule has 1 N–H and O–H groups in total. The number of hydrogen-bond donors (Lipinski definition) is 1. The van der Waals surface area contributed by atoms with Gasteiger partial charge in [0.2, 0.25) is 0 Å². The van der Waals surface area contributed by atoms with Crippen LogP contribution < -0.4 is 10.1 Å². The average molecular weight is 285 g/mol. The Hall–Kier alpha value is -0.770. The highest BCUT2D eigenvalue weighted by atomic mass is 35.5. The molecule has 0 bridgehead atoms. The number of benzene rings is 1. The van der Waals surface area contributed by atoms with Gasteiger partial charge in [-0.15, -0.1) is 0 Å². The van der Waals surface area contributed by atoms with E-state index < -0.39 is 0 Å². The zero-order valence-corrected chi connectivity index (χ0v) is 13.1. The highest BCUT2D eigenvalue weighted by Gasteiger charge is 2.05. The minimum Gasteiger partial charge on any atom is -0.492 e. The Labute approximate surface area is 121 Å². The van der Waals surface area contributed by atoms with Crippen LogP contribution in [0.5, 0.6) is 5.75 Å². The third-order valence-electron chi connectivity index (χ3n) is 2.69. The van der Waals surface area contributed by atoms with Crippen molar-refractivity contribution in [2.45, 2.75) is 20.4 Å². The van der Waals surface area contributed by atoms with E-state index in [9.17, 15) is 0 Å². The minimum absolute atomic E-state index is 0.636. The summed E-state index contributed by atoms with van der Waals surface area (Å²) < 4.78 is 5.82. The molecule has 0 unspecified atom stereocenters. The molecule has 0 heterocycles. The van der Waals surface area contributed by atoms with E-state index in [1.165, 1.54) is 0 Å². The van der Waals surface area contributed by atoms with Gasteiger partial charge >= 0.3 is 0 Å². The van der Waals surface area contributed by atoms with Crippen LogP contribution in [0.15, 0.2) is 18.2 Å². The normalized spacial score (nSPS) is 11.3. The first-order valence-corrected chi connectivity index (χ1v) is 7.13. The molecule has 0 amide bonds. The SMILES string of the molecule is CC(C)CNCc1cc(Cl)ccc1OCCN(C)C. The van der Waals surface area contributed by atoms with Gasteiger partial charge in [-0.2, -0.15) is 0 Å². The molecule has 0 atom stereocenters. The molecule has 0 aliphatic heterocycles. The molecule has 0 aliphatic carbocycles. The van der Waals surface area contributed by atoms with Gasteiger partial charge in [-0.25, -0.2) is 0 Å². The van der Waals surface area contributed by atoms with Crippen LogP contribution >= 0.6 is 11.6 Å². The molecule has 0 radical (unpaired) electrons. The zero-order chi connectivity index (χ0) is 14.3. The molecule has 0 fully saturated rings. The quantitative estimate of drug-likeness (QED) is 0.794. The van der Waals surface area contributed by atoms with Crippen molar-refractivity contribution < 1.29 is 4.74 Å². The monoisotopic (exact) mass is 284 g/mol. The molecule has 0 spiro atoms. The maximum Gasteiger partial charge on any atom is 0.123 e. The fourth-order valence-corrected chi connectivity index (χ4v) is 1.86. The second-order valence-corrected chi connectivity index (χ2v) is 5.86. The Balaban J connectivity index is 2.58. The van der Waals surface area contributed by atoms with Crippen LogP contribution in [0.4, 0.5) is 0 Å². The van der Waals surface area contributed by atoms with Crippen molar-refractivity contribution in [3.63, 3.8) is 0 Å². The minimum atomic E-state index is 0.636. The Morgan fingerprint density at radius 3 is 2.68 bits per heavy atom. The number of rotatable bonds is 8. The van der Waals surface area contributed by atoms with Crippen LogP contribution in [-0.2, 0) is 6.54 Å². The number of nitrogens with zero attached hydrogens (tertiary/aromatic N) is 1. The van der Waals surface area contributed by atoms with E-state index in [4.69, 9.17) is 16.3 Å². The standard InChI is InChI=1S/C15H25ClN2O/c1-12(2)10-17-11-13-9-14(16)5-6-15(13)19-8-7-18(3)4/h5-6,9,12,17H,7-8,10-11H2,1-4H3. The first kappa shape index (κ1) is 16.3. The fraction of sp³-hybridized carbons (Fsp3) is 0.600. The van der Waals surface area contributed by atoms with Gasteiger partial charge in [-0.05, 0) is 44.8 Å². The highest BCUT2D eigenvalue weighted by Crippen LogP contribution is 2.22. The van der Waals surface area contributed by atoms with Crippen molar-refractivity contribution in [2.24, 2.45) is 5.92 Å². The second kappa shape index (κ2) is 8.41. The van der Waals surface area contributed by atoms with Crippen molar-refractivity contribution in [3.05, 3.63) is 28.8 Å². The van der Waals surface area contributed by atoms with E-state index in [-0.39, 0.29) is 0 Å². The molecule has 0 saturated carbocycles. The molecule has 108 valence electrons. The maximum atomic E-state index is 6.05. The number of likely N-dealkylation sites (N-methyl/N-ethyl adjacent to an activating group) is 1. The van der Waals surface area contributed by atoms with Gasteiger partial charge in [0, 0.05) is 23.7 Å². The summed E-state index contributed by atoms with van der Waals surface area (Å²) in [5.41, 5.74) is 1.12. The number of ether oxygens (including phenoxy) is 1. The van der Waals surface area contributed by atoms with Crippen LogP contribution in [0.3, 0.4) is 0 Å². The summed E-state index contributed by atoms with van der Waals surface area (Å²) in [6.45, 7) is 7.76. The molecule has 1 rings (SSSR count). The zero-order valence-electron chi connectivity index (χ0n) is 12.4. The lowest BCUT2D eigenvalue weighted by Gasteiger charge is -2.15. The lowest BCUT2D eigenvalue weighted by molar-refractivity contribution is 0.259. The van der Waals surface area contributed by atoms with Crippen LogP contribution in [-0.4, -0.2) is 38.7 Å². The molecule has 19 heavy (non-hydrogen) atoms. The summed E-state index contributed by atoms with van der Waals surface area (Å²) >= 11 is 6.05. The molecule has 3 nitrogen and oxygen atoms in total. The van der Waals surface area contributed by atoms with Crippen molar-refractivity contribution in [1.82, 2.24) is 10.2 Å². The Morgan fingerprint density at radius 2 is 2.05 bits per heavy atom. The predicted molar refractivity (Wildman–Crippen MR) is 82.0 cm³/mol. The molecular weight excluding hydrogens is 260 g/mol.